The summed E-state index contributed by atoms with van der Waals surface area (Å²) in [5.41, 5.74) is 0.901. The molecule has 1 aromatic carbocycles. The standard InChI is InChI=1S/C16H20N4O2/c1-22-10-8-17-16(21)14-7-4-9-20(14)15-12-5-2-3-6-13(12)18-11-19-15/h2-3,5-6,11,14H,4,7-10H2,1H3,(H,17,21). The van der Waals surface area contributed by atoms with Crippen LogP contribution in [-0.4, -0.2) is 48.7 Å². The average Bonchev–Trinajstić information content (AvgIpc) is 3.04. The van der Waals surface area contributed by atoms with Gasteiger partial charge in [-0.25, -0.2) is 9.97 Å². The number of carbonyl (C=O) groups is 1. The molecular formula is C16H20N4O2. The lowest BCUT2D eigenvalue weighted by atomic mass is 10.2. The summed E-state index contributed by atoms with van der Waals surface area (Å²) in [7, 11) is 1.63. The molecule has 1 unspecified atom stereocenters. The Morgan fingerprint density at radius 1 is 1.41 bits per heavy atom. The Bertz CT molecular complexity index is 656. The number of nitrogens with zero attached hydrogens (tertiary/aromatic N) is 3. The maximum Gasteiger partial charge on any atom is 0.242 e. The fraction of sp³-hybridized carbons (Fsp3) is 0.438. The number of anilines is 1. The van der Waals surface area contributed by atoms with Gasteiger partial charge in [-0.3, -0.25) is 4.79 Å². The maximum absolute atomic E-state index is 12.4. The molecule has 1 saturated heterocycles. The monoisotopic (exact) mass is 300 g/mol. The highest BCUT2D eigenvalue weighted by molar-refractivity contribution is 5.93. The van der Waals surface area contributed by atoms with Crippen molar-refractivity contribution in [2.24, 2.45) is 0 Å². The molecule has 0 saturated carbocycles. The summed E-state index contributed by atoms with van der Waals surface area (Å²) < 4.78 is 4.98. The molecule has 0 radical (unpaired) electrons. The van der Waals surface area contributed by atoms with Crippen LogP contribution in [0.4, 0.5) is 5.82 Å². The summed E-state index contributed by atoms with van der Waals surface area (Å²) in [6.45, 7) is 1.89. The zero-order chi connectivity index (χ0) is 15.4. The van der Waals surface area contributed by atoms with Crippen LogP contribution in [0.15, 0.2) is 30.6 Å². The van der Waals surface area contributed by atoms with E-state index >= 15 is 0 Å². The van der Waals surface area contributed by atoms with Crippen molar-refractivity contribution in [1.29, 1.82) is 0 Å². The Kier molecular flexibility index (Phi) is 4.48. The van der Waals surface area contributed by atoms with Gasteiger partial charge in [-0.05, 0) is 25.0 Å². The van der Waals surface area contributed by atoms with Crippen LogP contribution in [0, 0.1) is 0 Å². The third-order valence-corrected chi connectivity index (χ3v) is 3.95. The fourth-order valence-corrected chi connectivity index (χ4v) is 2.91. The van der Waals surface area contributed by atoms with E-state index in [1.807, 2.05) is 24.3 Å². The van der Waals surface area contributed by atoms with E-state index in [0.717, 1.165) is 36.1 Å². The zero-order valence-corrected chi connectivity index (χ0v) is 12.7. The molecule has 0 aliphatic carbocycles. The SMILES string of the molecule is COCCNC(=O)C1CCCN1c1ncnc2ccccc12. The van der Waals surface area contributed by atoms with Crippen molar-refractivity contribution in [2.75, 3.05) is 31.7 Å². The highest BCUT2D eigenvalue weighted by Gasteiger charge is 2.32. The quantitative estimate of drug-likeness (QED) is 0.845. The second-order valence-corrected chi connectivity index (χ2v) is 5.35. The van der Waals surface area contributed by atoms with Crippen LogP contribution >= 0.6 is 0 Å². The Labute approximate surface area is 129 Å². The molecule has 1 aliphatic heterocycles. The van der Waals surface area contributed by atoms with Gasteiger partial charge in [0.2, 0.25) is 5.91 Å². The number of para-hydroxylation sites is 1. The number of nitrogens with one attached hydrogen (secondary N) is 1. The molecule has 1 aliphatic rings. The van der Waals surface area contributed by atoms with Crippen molar-refractivity contribution < 1.29 is 9.53 Å². The maximum atomic E-state index is 12.4. The summed E-state index contributed by atoms with van der Waals surface area (Å²) in [4.78, 5) is 23.2. The van der Waals surface area contributed by atoms with Crippen LogP contribution in [0.3, 0.4) is 0 Å². The number of rotatable bonds is 5. The number of fused-ring (bicyclic) bond motifs is 1. The topological polar surface area (TPSA) is 67.3 Å². The van der Waals surface area contributed by atoms with E-state index in [2.05, 4.69) is 20.2 Å². The Hall–Kier alpha value is -2.21. The molecular weight excluding hydrogens is 280 g/mol. The summed E-state index contributed by atoms with van der Waals surface area (Å²) in [5, 5.41) is 3.91. The second-order valence-electron chi connectivity index (χ2n) is 5.35. The number of methoxy groups -OCH3 is 1. The molecule has 1 aromatic heterocycles. The largest absolute Gasteiger partial charge is 0.383 e. The van der Waals surface area contributed by atoms with E-state index in [9.17, 15) is 4.79 Å². The van der Waals surface area contributed by atoms with Gasteiger partial charge in [0.1, 0.15) is 18.2 Å². The molecule has 2 heterocycles. The Morgan fingerprint density at radius 2 is 2.27 bits per heavy atom. The minimum Gasteiger partial charge on any atom is -0.383 e. The first-order valence-electron chi connectivity index (χ1n) is 7.54. The van der Waals surface area contributed by atoms with Gasteiger partial charge in [-0.2, -0.15) is 0 Å². The van der Waals surface area contributed by atoms with Crippen LogP contribution in [0.5, 0.6) is 0 Å². The first kappa shape index (κ1) is 14.7. The summed E-state index contributed by atoms with van der Waals surface area (Å²) in [6.07, 6.45) is 3.40. The third kappa shape index (κ3) is 2.87. The smallest absolute Gasteiger partial charge is 0.242 e. The Morgan fingerprint density at radius 3 is 3.14 bits per heavy atom. The predicted octanol–water partition coefficient (Wildman–Crippen LogP) is 1.36. The van der Waals surface area contributed by atoms with Gasteiger partial charge in [0.25, 0.3) is 0 Å². The van der Waals surface area contributed by atoms with E-state index in [-0.39, 0.29) is 11.9 Å². The Balaban J connectivity index is 1.84. The minimum atomic E-state index is -0.171. The molecule has 1 atom stereocenters. The van der Waals surface area contributed by atoms with Crippen molar-refractivity contribution in [3.63, 3.8) is 0 Å². The highest BCUT2D eigenvalue weighted by atomic mass is 16.5. The molecule has 6 nitrogen and oxygen atoms in total. The fourth-order valence-electron chi connectivity index (χ4n) is 2.91. The lowest BCUT2D eigenvalue weighted by Crippen LogP contribution is -2.44. The van der Waals surface area contributed by atoms with E-state index in [1.165, 1.54) is 0 Å². The van der Waals surface area contributed by atoms with Crippen LogP contribution in [-0.2, 0) is 9.53 Å². The summed E-state index contributed by atoms with van der Waals surface area (Å²) in [5.74, 6) is 0.882. The molecule has 116 valence electrons. The molecule has 1 fully saturated rings. The predicted molar refractivity (Wildman–Crippen MR) is 84.8 cm³/mol. The first-order valence-corrected chi connectivity index (χ1v) is 7.54. The normalized spacial score (nSPS) is 17.9. The van der Waals surface area contributed by atoms with Crippen molar-refractivity contribution >= 4 is 22.6 Å². The molecule has 6 heteroatoms. The van der Waals surface area contributed by atoms with Crippen molar-refractivity contribution in [1.82, 2.24) is 15.3 Å². The number of aromatic nitrogens is 2. The summed E-state index contributed by atoms with van der Waals surface area (Å²) in [6, 6.07) is 7.72. The van der Waals surface area contributed by atoms with Crippen LogP contribution in [0.1, 0.15) is 12.8 Å². The van der Waals surface area contributed by atoms with E-state index in [0.29, 0.717) is 13.2 Å². The van der Waals surface area contributed by atoms with Crippen molar-refractivity contribution in [3.8, 4) is 0 Å². The minimum absolute atomic E-state index is 0.0391. The van der Waals surface area contributed by atoms with Gasteiger partial charge in [0.15, 0.2) is 0 Å². The first-order chi connectivity index (χ1) is 10.8. The van der Waals surface area contributed by atoms with Crippen LogP contribution < -0.4 is 10.2 Å². The number of amides is 1. The zero-order valence-electron chi connectivity index (χ0n) is 12.7. The average molecular weight is 300 g/mol. The van der Waals surface area contributed by atoms with Crippen LogP contribution in [0.25, 0.3) is 10.9 Å². The van der Waals surface area contributed by atoms with Gasteiger partial charge in [0.05, 0.1) is 12.1 Å². The van der Waals surface area contributed by atoms with Gasteiger partial charge < -0.3 is 15.0 Å². The number of benzene rings is 1. The van der Waals surface area contributed by atoms with Crippen LogP contribution in [0.2, 0.25) is 0 Å². The molecule has 22 heavy (non-hydrogen) atoms. The molecule has 0 spiro atoms. The van der Waals surface area contributed by atoms with E-state index in [1.54, 1.807) is 13.4 Å². The summed E-state index contributed by atoms with van der Waals surface area (Å²) >= 11 is 0. The highest BCUT2D eigenvalue weighted by Crippen LogP contribution is 2.29. The molecule has 2 aromatic rings. The van der Waals surface area contributed by atoms with Crippen molar-refractivity contribution in [3.05, 3.63) is 30.6 Å². The lowest BCUT2D eigenvalue weighted by molar-refractivity contribution is -0.122. The van der Waals surface area contributed by atoms with E-state index < -0.39 is 0 Å². The number of ether oxygens (including phenoxy) is 1. The number of hydrogen-bond donors (Lipinski definition) is 1. The second kappa shape index (κ2) is 6.70. The number of hydrogen-bond acceptors (Lipinski definition) is 5. The molecule has 0 bridgehead atoms. The molecule has 1 amide bonds. The van der Waals surface area contributed by atoms with Gasteiger partial charge in [-0.15, -0.1) is 0 Å². The van der Waals surface area contributed by atoms with Crippen molar-refractivity contribution in [2.45, 2.75) is 18.9 Å². The van der Waals surface area contributed by atoms with Gasteiger partial charge in [0, 0.05) is 25.6 Å². The van der Waals surface area contributed by atoms with E-state index in [4.69, 9.17) is 4.74 Å². The lowest BCUT2D eigenvalue weighted by Gasteiger charge is -2.25. The van der Waals surface area contributed by atoms with Gasteiger partial charge >= 0.3 is 0 Å². The molecule has 1 N–H and O–H groups in total. The molecule has 3 rings (SSSR count). The number of carbonyl (C=O) groups excluding carboxylic acids is 1. The van der Waals surface area contributed by atoms with Gasteiger partial charge in [-0.1, -0.05) is 12.1 Å². The third-order valence-electron chi connectivity index (χ3n) is 3.95.